The van der Waals surface area contributed by atoms with Crippen molar-refractivity contribution in [3.63, 3.8) is 0 Å². The monoisotopic (exact) mass is 428 g/mol. The van der Waals surface area contributed by atoms with Crippen LogP contribution < -0.4 is 10.6 Å². The number of nitrogens with zero attached hydrogens (tertiary/aromatic N) is 5. The van der Waals surface area contributed by atoms with E-state index in [4.69, 9.17) is 5.73 Å². The highest BCUT2D eigenvalue weighted by atomic mass is 32.1. The topological polar surface area (TPSA) is 79.8 Å². The number of anilines is 1. The van der Waals surface area contributed by atoms with Gasteiger partial charge in [-0.2, -0.15) is 0 Å². The van der Waals surface area contributed by atoms with Crippen LogP contribution in [0, 0.1) is 5.82 Å². The molecule has 30 heavy (non-hydrogen) atoms. The Morgan fingerprint density at radius 2 is 1.77 bits per heavy atom. The summed E-state index contributed by atoms with van der Waals surface area (Å²) in [6.45, 7) is 2.81. The SMILES string of the molecule is NC1(C(=O)N2CCN(c3nn4cc(-c5ccc(F)cc5)nc4s3)CC2)CCCCC1. The summed E-state index contributed by atoms with van der Waals surface area (Å²) in [5.74, 6) is -0.151. The highest BCUT2D eigenvalue weighted by molar-refractivity contribution is 7.20. The Kier molecular flexibility index (Phi) is 4.94. The molecule has 0 atom stereocenters. The fraction of sp³-hybridized carbons (Fsp3) is 0.476. The molecule has 5 rings (SSSR count). The molecule has 0 radical (unpaired) electrons. The summed E-state index contributed by atoms with van der Waals surface area (Å²) in [6.07, 6.45) is 6.72. The molecule has 1 amide bonds. The second-order valence-electron chi connectivity index (χ2n) is 8.24. The molecule has 158 valence electrons. The highest BCUT2D eigenvalue weighted by Gasteiger charge is 2.39. The van der Waals surface area contributed by atoms with E-state index in [1.54, 1.807) is 16.6 Å². The first kappa shape index (κ1) is 19.4. The molecule has 7 nitrogen and oxygen atoms in total. The van der Waals surface area contributed by atoms with Crippen LogP contribution >= 0.6 is 11.3 Å². The number of imidazole rings is 1. The van der Waals surface area contributed by atoms with Crippen molar-refractivity contribution in [3.8, 4) is 11.3 Å². The Morgan fingerprint density at radius 1 is 1.07 bits per heavy atom. The summed E-state index contributed by atoms with van der Waals surface area (Å²) in [6, 6.07) is 6.30. The van der Waals surface area contributed by atoms with Gasteiger partial charge in [-0.25, -0.2) is 13.9 Å². The minimum Gasteiger partial charge on any atom is -0.343 e. The van der Waals surface area contributed by atoms with Gasteiger partial charge >= 0.3 is 0 Å². The van der Waals surface area contributed by atoms with Crippen molar-refractivity contribution < 1.29 is 9.18 Å². The summed E-state index contributed by atoms with van der Waals surface area (Å²) in [5.41, 5.74) is 7.41. The molecule has 3 aromatic rings. The number of amides is 1. The van der Waals surface area contributed by atoms with Crippen LogP contribution in [-0.2, 0) is 4.79 Å². The third-order valence-corrected chi connectivity index (χ3v) is 7.16. The Hall–Kier alpha value is -2.52. The summed E-state index contributed by atoms with van der Waals surface area (Å²) in [7, 11) is 0. The standard InChI is InChI=1S/C21H25FN6OS/c22-16-6-4-15(5-7-16)17-14-28-19(24-17)30-20(25-28)27-12-10-26(11-13-27)18(29)21(23)8-2-1-3-9-21/h4-7,14H,1-3,8-13,23H2. The van der Waals surface area contributed by atoms with Crippen LogP contribution in [0.1, 0.15) is 32.1 Å². The Labute approximate surface area is 178 Å². The van der Waals surface area contributed by atoms with Crippen molar-refractivity contribution in [2.24, 2.45) is 5.73 Å². The van der Waals surface area contributed by atoms with Gasteiger partial charge in [-0.15, -0.1) is 5.10 Å². The van der Waals surface area contributed by atoms with E-state index in [-0.39, 0.29) is 11.7 Å². The zero-order chi connectivity index (χ0) is 20.7. The molecule has 3 heterocycles. The number of piperazine rings is 1. The number of fused-ring (bicyclic) bond motifs is 1. The van der Waals surface area contributed by atoms with Crippen molar-refractivity contribution in [3.05, 3.63) is 36.3 Å². The van der Waals surface area contributed by atoms with Gasteiger partial charge in [-0.3, -0.25) is 4.79 Å². The lowest BCUT2D eigenvalue weighted by molar-refractivity contribution is -0.138. The van der Waals surface area contributed by atoms with Crippen molar-refractivity contribution in [1.29, 1.82) is 0 Å². The maximum Gasteiger partial charge on any atom is 0.242 e. The van der Waals surface area contributed by atoms with Gasteiger partial charge in [0.25, 0.3) is 0 Å². The number of hydrogen-bond donors (Lipinski definition) is 1. The lowest BCUT2D eigenvalue weighted by Gasteiger charge is -2.40. The smallest absolute Gasteiger partial charge is 0.242 e. The lowest BCUT2D eigenvalue weighted by atomic mass is 9.81. The molecule has 2 fully saturated rings. The third-order valence-electron chi connectivity index (χ3n) is 6.18. The Morgan fingerprint density at radius 3 is 2.43 bits per heavy atom. The van der Waals surface area contributed by atoms with Gasteiger partial charge in [0.15, 0.2) is 0 Å². The first-order valence-electron chi connectivity index (χ1n) is 10.5. The number of hydrogen-bond acceptors (Lipinski definition) is 6. The van der Waals surface area contributed by atoms with Gasteiger partial charge in [-0.1, -0.05) is 30.6 Å². The molecule has 2 N–H and O–H groups in total. The molecule has 0 spiro atoms. The first-order valence-corrected chi connectivity index (χ1v) is 11.3. The van der Waals surface area contributed by atoms with Crippen molar-refractivity contribution in [2.75, 3.05) is 31.1 Å². The first-order chi connectivity index (χ1) is 14.5. The predicted octanol–water partition coefficient (Wildman–Crippen LogP) is 2.91. The lowest BCUT2D eigenvalue weighted by Crippen LogP contribution is -2.60. The zero-order valence-corrected chi connectivity index (χ0v) is 17.6. The number of rotatable bonds is 3. The molecule has 1 aromatic carbocycles. The third kappa shape index (κ3) is 3.56. The minimum absolute atomic E-state index is 0.111. The second kappa shape index (κ2) is 7.63. The molecule has 1 saturated heterocycles. The number of carbonyl (C=O) groups excluding carboxylic acids is 1. The minimum atomic E-state index is -0.668. The van der Waals surface area contributed by atoms with Crippen molar-refractivity contribution >= 4 is 27.3 Å². The maximum absolute atomic E-state index is 13.1. The van der Waals surface area contributed by atoms with Gasteiger partial charge in [0.05, 0.1) is 17.4 Å². The molecule has 1 aliphatic carbocycles. The van der Waals surface area contributed by atoms with E-state index in [9.17, 15) is 9.18 Å². The second-order valence-corrected chi connectivity index (χ2v) is 9.18. The molecular formula is C21H25FN6OS. The summed E-state index contributed by atoms with van der Waals surface area (Å²) >= 11 is 1.52. The molecule has 0 unspecified atom stereocenters. The fourth-order valence-electron chi connectivity index (χ4n) is 4.39. The molecule has 2 aromatic heterocycles. The number of halogens is 1. The largest absolute Gasteiger partial charge is 0.343 e. The van der Waals surface area contributed by atoms with Crippen LogP contribution in [0.5, 0.6) is 0 Å². The van der Waals surface area contributed by atoms with Gasteiger partial charge in [-0.05, 0) is 37.1 Å². The van der Waals surface area contributed by atoms with Crippen LogP contribution in [-0.4, -0.2) is 57.1 Å². The van der Waals surface area contributed by atoms with E-state index < -0.39 is 5.54 Å². The number of aromatic nitrogens is 3. The van der Waals surface area contributed by atoms with Gasteiger partial charge in [0.2, 0.25) is 16.0 Å². The van der Waals surface area contributed by atoms with Gasteiger partial charge < -0.3 is 15.5 Å². The molecule has 9 heteroatoms. The van der Waals surface area contributed by atoms with Gasteiger partial charge in [0, 0.05) is 31.7 Å². The number of nitrogens with two attached hydrogens (primary N) is 1. The zero-order valence-electron chi connectivity index (χ0n) is 16.8. The molecule has 1 aliphatic heterocycles. The Balaban J connectivity index is 1.25. The van der Waals surface area contributed by atoms with E-state index in [1.165, 1.54) is 29.9 Å². The van der Waals surface area contributed by atoms with E-state index >= 15 is 0 Å². The van der Waals surface area contributed by atoms with Crippen LogP contribution in [0.15, 0.2) is 30.5 Å². The van der Waals surface area contributed by atoms with E-state index in [1.807, 2.05) is 11.1 Å². The average Bonchev–Trinajstić information content (AvgIpc) is 3.34. The van der Waals surface area contributed by atoms with Gasteiger partial charge in [0.1, 0.15) is 5.82 Å². The summed E-state index contributed by atoms with van der Waals surface area (Å²) in [5, 5.41) is 5.57. The number of carbonyl (C=O) groups is 1. The van der Waals surface area contributed by atoms with E-state index in [0.29, 0.717) is 13.1 Å². The van der Waals surface area contributed by atoms with Crippen LogP contribution in [0.3, 0.4) is 0 Å². The highest BCUT2D eigenvalue weighted by Crippen LogP contribution is 2.30. The Bertz CT molecular complexity index is 1020. The van der Waals surface area contributed by atoms with Crippen LogP contribution in [0.2, 0.25) is 0 Å². The maximum atomic E-state index is 13.1. The average molecular weight is 429 g/mol. The summed E-state index contributed by atoms with van der Waals surface area (Å²) < 4.78 is 14.9. The van der Waals surface area contributed by atoms with E-state index in [2.05, 4.69) is 15.0 Å². The van der Waals surface area contributed by atoms with E-state index in [0.717, 1.165) is 60.1 Å². The molecule has 0 bridgehead atoms. The predicted molar refractivity (Wildman–Crippen MR) is 115 cm³/mol. The number of benzene rings is 1. The van der Waals surface area contributed by atoms with Crippen LogP contribution in [0.4, 0.5) is 9.52 Å². The van der Waals surface area contributed by atoms with Crippen molar-refractivity contribution in [1.82, 2.24) is 19.5 Å². The normalized spacial score (nSPS) is 19.4. The van der Waals surface area contributed by atoms with Crippen molar-refractivity contribution in [2.45, 2.75) is 37.6 Å². The quantitative estimate of drug-likeness (QED) is 0.694. The molecule has 2 aliphatic rings. The summed E-state index contributed by atoms with van der Waals surface area (Å²) in [4.78, 5) is 22.5. The fourth-order valence-corrected chi connectivity index (χ4v) is 5.32. The molecule has 1 saturated carbocycles. The van der Waals surface area contributed by atoms with Crippen LogP contribution in [0.25, 0.3) is 16.2 Å². The molecular weight excluding hydrogens is 403 g/mol.